The van der Waals surface area contributed by atoms with Crippen LogP contribution in [0.5, 0.6) is 0 Å². The predicted octanol–water partition coefficient (Wildman–Crippen LogP) is 0.690. The third-order valence-corrected chi connectivity index (χ3v) is 7.10. The zero-order chi connectivity index (χ0) is 17.4. The lowest BCUT2D eigenvalue weighted by molar-refractivity contribution is -0.209. The van der Waals surface area contributed by atoms with Crippen molar-refractivity contribution in [3.63, 3.8) is 0 Å². The molecule has 2 fully saturated rings. The maximum atomic E-state index is 11.4. The number of allylic oxidation sites excluding steroid dienone is 4. The van der Waals surface area contributed by atoms with Crippen LogP contribution in [-0.2, 0) is 0 Å². The van der Waals surface area contributed by atoms with Crippen LogP contribution in [0.25, 0.3) is 0 Å². The zero-order valence-corrected chi connectivity index (χ0v) is 13.5. The SMILES string of the molecule is C[C@]12CC[C@H]3[C@@H](CC=C4C=C(O)C(O)=C[C@@H]43)[C@]1(O)C(O)C(O)C2O. The number of hydrogen-bond donors (Lipinski definition) is 6. The molecule has 0 heterocycles. The van der Waals surface area contributed by atoms with E-state index < -0.39 is 29.3 Å². The monoisotopic (exact) mass is 336 g/mol. The normalized spacial score (nSPS) is 53.3. The second kappa shape index (κ2) is 4.85. The summed E-state index contributed by atoms with van der Waals surface area (Å²) in [6.07, 6.45) is 2.72. The first-order valence-electron chi connectivity index (χ1n) is 8.50. The van der Waals surface area contributed by atoms with E-state index in [2.05, 4.69) is 0 Å². The summed E-state index contributed by atoms with van der Waals surface area (Å²) >= 11 is 0. The fraction of sp³-hybridized carbons (Fsp3) is 0.667. The summed E-state index contributed by atoms with van der Waals surface area (Å²) in [6.45, 7) is 1.73. The molecule has 0 aliphatic heterocycles. The van der Waals surface area contributed by atoms with E-state index in [1.165, 1.54) is 0 Å². The smallest absolute Gasteiger partial charge is 0.157 e. The van der Waals surface area contributed by atoms with Crippen LogP contribution in [0.1, 0.15) is 26.2 Å². The van der Waals surface area contributed by atoms with Crippen molar-refractivity contribution in [3.05, 3.63) is 35.3 Å². The third kappa shape index (κ3) is 1.69. The minimum atomic E-state index is -1.59. The molecule has 4 rings (SSSR count). The average Bonchev–Trinajstić information content (AvgIpc) is 2.69. The van der Waals surface area contributed by atoms with Crippen LogP contribution >= 0.6 is 0 Å². The van der Waals surface area contributed by atoms with Crippen molar-refractivity contribution in [3.8, 4) is 0 Å². The van der Waals surface area contributed by atoms with Crippen LogP contribution in [0.2, 0.25) is 0 Å². The van der Waals surface area contributed by atoms with Gasteiger partial charge in [-0.15, -0.1) is 0 Å². The summed E-state index contributed by atoms with van der Waals surface area (Å²) in [5, 5.41) is 62.1. The lowest BCUT2D eigenvalue weighted by Gasteiger charge is -2.56. The Morgan fingerprint density at radius 3 is 2.50 bits per heavy atom. The summed E-state index contributed by atoms with van der Waals surface area (Å²) in [5.74, 6) is -0.881. The minimum absolute atomic E-state index is 0.0401. The molecule has 0 spiro atoms. The molecule has 0 bridgehead atoms. The topological polar surface area (TPSA) is 121 Å². The summed E-state index contributed by atoms with van der Waals surface area (Å²) in [5.41, 5.74) is -1.67. The highest BCUT2D eigenvalue weighted by Crippen LogP contribution is 2.62. The quantitative estimate of drug-likeness (QED) is 0.387. The molecule has 3 unspecified atom stereocenters. The standard InChI is InChI=1S/C18H24O6/c1-17-5-4-9-10-7-13(20)12(19)6-8(10)2-3-11(9)18(17,24)16(23)14(21)15(17)22/h2,6-7,9-11,14-16,19-24H,3-5H2,1H3/t9-,10+,11-,14?,15?,16?,17-,18+/m1/s1. The lowest BCUT2D eigenvalue weighted by Crippen LogP contribution is -2.63. The molecule has 8 atom stereocenters. The van der Waals surface area contributed by atoms with Crippen LogP contribution < -0.4 is 0 Å². The molecule has 6 nitrogen and oxygen atoms in total. The first kappa shape index (κ1) is 16.1. The Labute approximate surface area is 140 Å². The van der Waals surface area contributed by atoms with Gasteiger partial charge in [-0.2, -0.15) is 0 Å². The van der Waals surface area contributed by atoms with Gasteiger partial charge in [0.05, 0.1) is 6.10 Å². The molecule has 4 aliphatic carbocycles. The van der Waals surface area contributed by atoms with Gasteiger partial charge in [-0.25, -0.2) is 0 Å². The first-order valence-corrected chi connectivity index (χ1v) is 8.50. The van der Waals surface area contributed by atoms with Crippen molar-refractivity contribution in [1.29, 1.82) is 0 Å². The van der Waals surface area contributed by atoms with Crippen molar-refractivity contribution in [1.82, 2.24) is 0 Å². The van der Waals surface area contributed by atoms with Crippen LogP contribution in [0.15, 0.2) is 35.3 Å². The van der Waals surface area contributed by atoms with E-state index in [0.717, 1.165) is 5.57 Å². The molecule has 0 aromatic carbocycles. The van der Waals surface area contributed by atoms with Crippen molar-refractivity contribution in [2.24, 2.45) is 23.2 Å². The zero-order valence-electron chi connectivity index (χ0n) is 13.5. The average molecular weight is 336 g/mol. The Hall–Kier alpha value is -1.34. The molecular weight excluding hydrogens is 312 g/mol. The van der Waals surface area contributed by atoms with E-state index in [1.807, 2.05) is 6.08 Å². The molecule has 0 saturated heterocycles. The maximum Gasteiger partial charge on any atom is 0.157 e. The van der Waals surface area contributed by atoms with E-state index in [9.17, 15) is 30.6 Å². The van der Waals surface area contributed by atoms with E-state index in [1.54, 1.807) is 19.1 Å². The molecule has 2 saturated carbocycles. The lowest BCUT2D eigenvalue weighted by atomic mass is 9.51. The van der Waals surface area contributed by atoms with E-state index in [4.69, 9.17) is 0 Å². The number of aliphatic hydroxyl groups excluding tert-OH is 5. The summed E-state index contributed by atoms with van der Waals surface area (Å²) < 4.78 is 0. The van der Waals surface area contributed by atoms with Crippen LogP contribution in [-0.4, -0.2) is 54.6 Å². The fourth-order valence-corrected chi connectivity index (χ4v) is 5.66. The molecule has 24 heavy (non-hydrogen) atoms. The highest BCUT2D eigenvalue weighted by Gasteiger charge is 2.71. The largest absolute Gasteiger partial charge is 0.504 e. The number of rotatable bonds is 0. The van der Waals surface area contributed by atoms with Gasteiger partial charge < -0.3 is 30.6 Å². The second-order valence-electron chi connectivity index (χ2n) is 7.98. The van der Waals surface area contributed by atoms with E-state index in [0.29, 0.717) is 19.3 Å². The van der Waals surface area contributed by atoms with Gasteiger partial charge in [0.2, 0.25) is 0 Å². The van der Waals surface area contributed by atoms with Gasteiger partial charge in [0.15, 0.2) is 11.5 Å². The Kier molecular flexibility index (Phi) is 3.26. The van der Waals surface area contributed by atoms with Gasteiger partial charge in [-0.3, -0.25) is 0 Å². The van der Waals surface area contributed by atoms with Gasteiger partial charge in [0.25, 0.3) is 0 Å². The second-order valence-corrected chi connectivity index (χ2v) is 7.98. The molecule has 0 aromatic heterocycles. The Bertz CT molecular complexity index is 666. The van der Waals surface area contributed by atoms with Gasteiger partial charge in [0, 0.05) is 11.3 Å². The molecule has 6 heteroatoms. The highest BCUT2D eigenvalue weighted by atomic mass is 16.4. The van der Waals surface area contributed by atoms with Gasteiger partial charge >= 0.3 is 0 Å². The van der Waals surface area contributed by atoms with Crippen LogP contribution in [0.4, 0.5) is 0 Å². The first-order chi connectivity index (χ1) is 11.2. The highest BCUT2D eigenvalue weighted by molar-refractivity contribution is 5.42. The molecular formula is C18H24O6. The number of hydrogen-bond acceptors (Lipinski definition) is 6. The molecule has 0 amide bonds. The molecule has 4 aliphatic rings. The van der Waals surface area contributed by atoms with Crippen molar-refractivity contribution in [2.75, 3.05) is 0 Å². The predicted molar refractivity (Wildman–Crippen MR) is 84.9 cm³/mol. The summed E-state index contributed by atoms with van der Waals surface area (Å²) in [6, 6.07) is 0. The summed E-state index contributed by atoms with van der Waals surface area (Å²) in [7, 11) is 0. The molecule has 0 aromatic rings. The van der Waals surface area contributed by atoms with Crippen molar-refractivity contribution < 1.29 is 30.6 Å². The molecule has 0 radical (unpaired) electrons. The fourth-order valence-electron chi connectivity index (χ4n) is 5.66. The Balaban J connectivity index is 1.79. The molecule has 6 N–H and O–H groups in total. The van der Waals surface area contributed by atoms with Crippen LogP contribution in [0, 0.1) is 23.2 Å². The van der Waals surface area contributed by atoms with Gasteiger partial charge in [0.1, 0.15) is 17.8 Å². The number of aliphatic hydroxyl groups is 6. The van der Waals surface area contributed by atoms with Gasteiger partial charge in [-0.1, -0.05) is 13.0 Å². The Morgan fingerprint density at radius 2 is 1.79 bits per heavy atom. The maximum absolute atomic E-state index is 11.4. The van der Waals surface area contributed by atoms with E-state index >= 15 is 0 Å². The minimum Gasteiger partial charge on any atom is -0.504 e. The third-order valence-electron chi connectivity index (χ3n) is 7.10. The Morgan fingerprint density at radius 1 is 1.08 bits per heavy atom. The molecule has 132 valence electrons. The number of fused-ring (bicyclic) bond motifs is 5. The van der Waals surface area contributed by atoms with E-state index in [-0.39, 0.29) is 29.3 Å². The van der Waals surface area contributed by atoms with Crippen molar-refractivity contribution in [2.45, 2.75) is 50.1 Å². The van der Waals surface area contributed by atoms with Gasteiger partial charge in [-0.05, 0) is 48.8 Å². The van der Waals surface area contributed by atoms with Crippen molar-refractivity contribution >= 4 is 0 Å². The van der Waals surface area contributed by atoms with Crippen LogP contribution in [0.3, 0.4) is 0 Å². The summed E-state index contributed by atoms with van der Waals surface area (Å²) in [4.78, 5) is 0.